The third kappa shape index (κ3) is 7.62. The van der Waals surface area contributed by atoms with Crippen molar-refractivity contribution in [3.05, 3.63) is 68.4 Å². The standard InChI is InChI=1S/C27H32Cl4N4O6S2.Na/c1-5-32-22-10-18(28)20(30)12-24(22)34(14-16(3)42(36,37)38)26(32)8-7-9-27-33(6-2)23-11-19(29)21(31)13-25(23)35(27)15-17(4)43(39,40)41;/h7-13,16-17,26H,5-6,14-15H2,1-4H3,(H,36,37,38)(H,39,40,41);/q;+1/p-2/b8-7+,27-9+;. The fourth-order valence-corrected chi connectivity index (χ4v) is 6.53. The van der Waals surface area contributed by atoms with Crippen molar-refractivity contribution in [1.82, 2.24) is 0 Å². The maximum atomic E-state index is 11.9. The Morgan fingerprint density at radius 2 is 1.16 bits per heavy atom. The molecule has 0 saturated carbocycles. The summed E-state index contributed by atoms with van der Waals surface area (Å²) in [5.41, 5.74) is 2.63. The zero-order valence-electron chi connectivity index (χ0n) is 24.7. The quantitative estimate of drug-likeness (QED) is 0.266. The Morgan fingerprint density at radius 1 is 0.727 bits per heavy atom. The third-order valence-corrected chi connectivity index (χ3v) is 11.2. The Kier molecular flexibility index (Phi) is 12.4. The van der Waals surface area contributed by atoms with Gasteiger partial charge in [0, 0.05) is 26.2 Å². The molecule has 3 unspecified atom stereocenters. The van der Waals surface area contributed by atoms with Gasteiger partial charge < -0.3 is 28.7 Å². The van der Waals surface area contributed by atoms with E-state index in [4.69, 9.17) is 46.4 Å². The minimum absolute atomic E-state index is 0. The number of nitrogens with zero attached hydrogens (tertiary/aromatic N) is 4. The van der Waals surface area contributed by atoms with Gasteiger partial charge in [0.05, 0.1) is 73.6 Å². The van der Waals surface area contributed by atoms with E-state index < -0.39 is 36.9 Å². The van der Waals surface area contributed by atoms with E-state index in [1.54, 1.807) is 46.2 Å². The van der Waals surface area contributed by atoms with Crippen molar-refractivity contribution in [3.63, 3.8) is 0 Å². The second-order valence-corrected chi connectivity index (χ2v) is 15.4. The van der Waals surface area contributed by atoms with Crippen molar-refractivity contribution < 1.29 is 55.5 Å². The second kappa shape index (κ2) is 14.5. The first-order valence-corrected chi connectivity index (χ1v) is 17.8. The molecule has 0 saturated heterocycles. The third-order valence-electron chi connectivity index (χ3n) is 7.49. The molecule has 10 nitrogen and oxygen atoms in total. The zero-order chi connectivity index (χ0) is 32.0. The summed E-state index contributed by atoms with van der Waals surface area (Å²) in [6, 6.07) is 6.65. The molecule has 3 atom stereocenters. The van der Waals surface area contributed by atoms with Crippen LogP contribution in [0, 0.1) is 0 Å². The van der Waals surface area contributed by atoms with Gasteiger partial charge in [0.2, 0.25) is 0 Å². The van der Waals surface area contributed by atoms with E-state index in [9.17, 15) is 25.9 Å². The van der Waals surface area contributed by atoms with Crippen LogP contribution < -0.4 is 49.2 Å². The number of rotatable bonds is 10. The number of fused-ring (bicyclic) bond motifs is 2. The normalized spacial score (nSPS) is 19.0. The average molecular weight is 735 g/mol. The van der Waals surface area contributed by atoms with Crippen LogP contribution in [0.5, 0.6) is 0 Å². The fourth-order valence-electron chi connectivity index (χ4n) is 5.22. The predicted molar refractivity (Wildman–Crippen MR) is 173 cm³/mol. The number of benzene rings is 2. The summed E-state index contributed by atoms with van der Waals surface area (Å²) in [5, 5.41) is -1.26. The van der Waals surface area contributed by atoms with E-state index in [0.717, 1.165) is 5.69 Å². The van der Waals surface area contributed by atoms with Crippen LogP contribution in [0.3, 0.4) is 0 Å². The molecule has 4 rings (SSSR count). The molecule has 44 heavy (non-hydrogen) atoms. The second-order valence-electron chi connectivity index (χ2n) is 10.2. The minimum atomic E-state index is -4.60. The summed E-state index contributed by atoms with van der Waals surface area (Å²) >= 11 is 25.3. The van der Waals surface area contributed by atoms with Gasteiger partial charge in [-0.25, -0.2) is 16.8 Å². The monoisotopic (exact) mass is 733 g/mol. The smallest absolute Gasteiger partial charge is 0.748 e. The molecule has 0 amide bonds. The Morgan fingerprint density at radius 3 is 1.61 bits per heavy atom. The molecule has 2 heterocycles. The van der Waals surface area contributed by atoms with Gasteiger partial charge >= 0.3 is 29.6 Å². The number of hydrogen-bond donors (Lipinski definition) is 0. The fraction of sp³-hybridized carbons (Fsp3) is 0.407. The van der Waals surface area contributed by atoms with Crippen LogP contribution in [0.2, 0.25) is 20.1 Å². The predicted octanol–water partition coefficient (Wildman–Crippen LogP) is 2.89. The molecular weight excluding hydrogens is 705 g/mol. The van der Waals surface area contributed by atoms with Gasteiger partial charge in [-0.1, -0.05) is 52.5 Å². The molecule has 17 heteroatoms. The van der Waals surface area contributed by atoms with E-state index in [-0.39, 0.29) is 52.7 Å². The Labute approximate surface area is 300 Å². The van der Waals surface area contributed by atoms with Gasteiger partial charge in [-0.05, 0) is 64.1 Å². The van der Waals surface area contributed by atoms with Crippen molar-refractivity contribution in [2.45, 2.75) is 44.4 Å². The maximum absolute atomic E-state index is 11.9. The summed E-state index contributed by atoms with van der Waals surface area (Å²) in [5.74, 6) is 0.578. The number of likely N-dealkylation sites (N-methyl/N-ethyl adjacent to an activating group) is 1. The van der Waals surface area contributed by atoms with Gasteiger partial charge in [0.25, 0.3) is 0 Å². The van der Waals surface area contributed by atoms with Gasteiger partial charge in [-0.2, -0.15) is 0 Å². The molecule has 0 aliphatic carbocycles. The van der Waals surface area contributed by atoms with Crippen LogP contribution in [-0.2, 0) is 20.2 Å². The van der Waals surface area contributed by atoms with Crippen molar-refractivity contribution in [2.24, 2.45) is 0 Å². The van der Waals surface area contributed by atoms with Crippen molar-refractivity contribution in [3.8, 4) is 0 Å². The number of halogens is 4. The van der Waals surface area contributed by atoms with Crippen LogP contribution in [0.25, 0.3) is 0 Å². The first-order chi connectivity index (χ1) is 20.0. The summed E-state index contributed by atoms with van der Waals surface area (Å²) in [6.45, 7) is 7.29. The van der Waals surface area contributed by atoms with Crippen LogP contribution in [-0.4, -0.2) is 68.8 Å². The van der Waals surface area contributed by atoms with Gasteiger partial charge in [-0.3, -0.25) is 0 Å². The van der Waals surface area contributed by atoms with E-state index in [0.29, 0.717) is 46.0 Å². The van der Waals surface area contributed by atoms with Crippen LogP contribution in [0.15, 0.2) is 48.3 Å². The average Bonchev–Trinajstić information content (AvgIpc) is 3.34. The van der Waals surface area contributed by atoms with E-state index in [2.05, 4.69) is 0 Å². The summed E-state index contributed by atoms with van der Waals surface area (Å²) in [7, 11) is -9.18. The molecular formula is C27H30Cl4N4NaO6S2-. The van der Waals surface area contributed by atoms with Gasteiger partial charge in [-0.15, -0.1) is 0 Å². The molecule has 0 N–H and O–H groups in total. The molecule has 236 valence electrons. The number of hydrogen-bond acceptors (Lipinski definition) is 10. The molecule has 0 aromatic heterocycles. The Balaban J connectivity index is 0.00000529. The van der Waals surface area contributed by atoms with E-state index in [1.807, 2.05) is 29.7 Å². The summed E-state index contributed by atoms with van der Waals surface area (Å²) in [4.78, 5) is 7.38. The van der Waals surface area contributed by atoms with E-state index >= 15 is 0 Å². The van der Waals surface area contributed by atoms with Crippen LogP contribution in [0.4, 0.5) is 22.7 Å². The minimum Gasteiger partial charge on any atom is -0.748 e. The topological polar surface area (TPSA) is 127 Å². The maximum Gasteiger partial charge on any atom is 1.00 e. The SMILES string of the molecule is CCN1/C(=C\C=C\C2N(CC)c3cc(Cl)c(Cl)cc3N2CC(C)S(=O)(=O)[O-])N(CC(C)S(=O)(=O)[O-])c2cc(Cl)c(Cl)cc21.[Na+]. The summed E-state index contributed by atoms with van der Waals surface area (Å²) in [6.07, 6.45) is 4.82. The molecule has 2 aromatic carbocycles. The molecule has 0 spiro atoms. The van der Waals surface area contributed by atoms with Crippen LogP contribution in [0.1, 0.15) is 27.7 Å². The molecule has 0 fully saturated rings. The number of anilines is 4. The molecule has 0 radical (unpaired) electrons. The Bertz CT molecular complexity index is 1690. The van der Waals surface area contributed by atoms with Gasteiger partial charge in [0.1, 0.15) is 12.0 Å². The first kappa shape index (κ1) is 37.6. The van der Waals surface area contributed by atoms with Crippen molar-refractivity contribution in [2.75, 3.05) is 45.8 Å². The molecule has 2 aliphatic rings. The number of allylic oxidation sites excluding steroid dienone is 2. The van der Waals surface area contributed by atoms with Crippen molar-refractivity contribution in [1.29, 1.82) is 0 Å². The Hall–Kier alpha value is -0.900. The van der Waals surface area contributed by atoms with E-state index in [1.165, 1.54) is 13.8 Å². The molecule has 0 bridgehead atoms. The molecule has 2 aliphatic heterocycles. The van der Waals surface area contributed by atoms with Gasteiger partial charge in [0.15, 0.2) is 0 Å². The molecule has 2 aromatic rings. The van der Waals surface area contributed by atoms with Crippen molar-refractivity contribution >= 4 is 89.4 Å². The first-order valence-electron chi connectivity index (χ1n) is 13.3. The zero-order valence-corrected chi connectivity index (χ0v) is 31.3. The summed E-state index contributed by atoms with van der Waals surface area (Å²) < 4.78 is 71.1. The largest absolute Gasteiger partial charge is 1.00 e. The van der Waals surface area contributed by atoms with Crippen LogP contribution >= 0.6 is 46.4 Å².